The maximum Gasteiger partial charge on any atom is 0.233 e. The average molecular weight is 427 g/mol. The summed E-state index contributed by atoms with van der Waals surface area (Å²) in [6.07, 6.45) is 11.5. The molecule has 1 aromatic heterocycles. The van der Waals surface area contributed by atoms with Crippen LogP contribution < -0.4 is 10.5 Å². The molecular weight excluding hydrogens is 396 g/mol. The maximum absolute atomic E-state index is 13.1. The number of rotatable bonds is 5. The Morgan fingerprint density at radius 1 is 1.07 bits per heavy atom. The first-order valence-electron chi connectivity index (χ1n) is 11.1. The molecule has 2 atom stereocenters. The monoisotopic (exact) mass is 426 g/mol. The van der Waals surface area contributed by atoms with E-state index in [0.717, 1.165) is 62.7 Å². The van der Waals surface area contributed by atoms with Crippen LogP contribution in [-0.4, -0.2) is 20.7 Å². The van der Waals surface area contributed by atoms with Gasteiger partial charge in [0.2, 0.25) is 6.35 Å². The number of fused-ring (bicyclic) bond motifs is 2. The largest absolute Gasteiger partial charge is 0.355 e. The van der Waals surface area contributed by atoms with E-state index in [1.165, 1.54) is 35.1 Å². The van der Waals surface area contributed by atoms with E-state index in [0.29, 0.717) is 10.8 Å². The van der Waals surface area contributed by atoms with Crippen LogP contribution in [0.1, 0.15) is 72.4 Å². The Bertz CT molecular complexity index is 1040. The molecule has 0 amide bonds. The van der Waals surface area contributed by atoms with Crippen LogP contribution in [0.4, 0.5) is 5.69 Å². The minimum Gasteiger partial charge on any atom is -0.355 e. The van der Waals surface area contributed by atoms with E-state index in [9.17, 15) is 9.32 Å². The molecule has 2 unspecified atom stereocenters. The van der Waals surface area contributed by atoms with E-state index < -0.39 is 16.3 Å². The number of hydrogen-bond donors (Lipinski definition) is 3. The van der Waals surface area contributed by atoms with Crippen LogP contribution >= 0.6 is 0 Å². The highest BCUT2D eigenvalue weighted by Gasteiger charge is 2.25. The molecule has 1 saturated carbocycles. The van der Waals surface area contributed by atoms with Crippen LogP contribution in [0.25, 0.3) is 0 Å². The van der Waals surface area contributed by atoms with Crippen molar-refractivity contribution in [1.82, 2.24) is 4.98 Å². The van der Waals surface area contributed by atoms with Crippen molar-refractivity contribution in [2.45, 2.75) is 81.4 Å². The summed E-state index contributed by atoms with van der Waals surface area (Å²) in [4.78, 5) is 4.85. The molecule has 3 aliphatic carbocycles. The highest BCUT2D eigenvalue weighted by Crippen LogP contribution is 2.39. The minimum atomic E-state index is -3.25. The lowest BCUT2D eigenvalue weighted by molar-refractivity contribution is 0.216. The number of pyridine rings is 1. The first-order valence-corrected chi connectivity index (χ1v) is 12.7. The van der Waals surface area contributed by atoms with E-state index in [1.807, 2.05) is 6.07 Å². The van der Waals surface area contributed by atoms with Crippen LogP contribution in [0.2, 0.25) is 0 Å². The smallest absolute Gasteiger partial charge is 0.233 e. The van der Waals surface area contributed by atoms with Gasteiger partial charge in [-0.15, -0.1) is 0 Å². The summed E-state index contributed by atoms with van der Waals surface area (Å²) in [6, 6.07) is 5.99. The van der Waals surface area contributed by atoms with Gasteiger partial charge in [-0.3, -0.25) is 4.98 Å². The van der Waals surface area contributed by atoms with Gasteiger partial charge in [0.05, 0.1) is 4.90 Å². The molecule has 0 bridgehead atoms. The standard InChI is InChI=1S/C23H30N4O2S/c24-30(29,18-11-12-21(25-14-18)15-5-1-2-6-15)27-23(28)26-22-19-9-3-7-16(19)13-17-8-4-10-20(17)22/h11-15,23,26,28H,1-10H2,(H2,24,27,29). The van der Waals surface area contributed by atoms with Crippen LogP contribution in [0.5, 0.6) is 0 Å². The van der Waals surface area contributed by atoms with Crippen LogP contribution in [0.15, 0.2) is 33.7 Å². The topological polar surface area (TPSA) is 101 Å². The van der Waals surface area contributed by atoms with Gasteiger partial charge in [0, 0.05) is 23.5 Å². The zero-order valence-electron chi connectivity index (χ0n) is 17.3. The van der Waals surface area contributed by atoms with Gasteiger partial charge in [-0.05, 0) is 85.8 Å². The summed E-state index contributed by atoms with van der Waals surface area (Å²) >= 11 is 0. The first-order chi connectivity index (χ1) is 14.5. The second-order valence-electron chi connectivity index (χ2n) is 8.83. The Balaban J connectivity index is 1.39. The fourth-order valence-corrected chi connectivity index (χ4v) is 6.32. The molecular formula is C23H30N4O2S. The van der Waals surface area contributed by atoms with E-state index in [4.69, 9.17) is 5.14 Å². The number of aliphatic hydroxyl groups excluding tert-OH is 1. The number of benzene rings is 1. The Hall–Kier alpha value is -1.96. The number of anilines is 1. The first kappa shape index (κ1) is 20.0. The second-order valence-corrected chi connectivity index (χ2v) is 10.6. The molecule has 7 heteroatoms. The summed E-state index contributed by atoms with van der Waals surface area (Å²) in [5, 5.41) is 19.8. The van der Waals surface area contributed by atoms with E-state index in [2.05, 4.69) is 20.7 Å². The summed E-state index contributed by atoms with van der Waals surface area (Å²) in [5.74, 6) is 0.486. The molecule has 2 aromatic rings. The summed E-state index contributed by atoms with van der Waals surface area (Å²) < 4.78 is 17.1. The van der Waals surface area contributed by atoms with E-state index in [-0.39, 0.29) is 0 Å². The fourth-order valence-electron chi connectivity index (χ4n) is 5.38. The summed E-state index contributed by atoms with van der Waals surface area (Å²) in [5.41, 5.74) is 7.29. The molecule has 0 spiro atoms. The molecule has 0 radical (unpaired) electrons. The predicted octanol–water partition coefficient (Wildman–Crippen LogP) is 3.81. The van der Waals surface area contributed by atoms with Crippen molar-refractivity contribution < 1.29 is 9.32 Å². The highest BCUT2D eigenvalue weighted by molar-refractivity contribution is 7.91. The third kappa shape index (κ3) is 3.74. The zero-order valence-corrected chi connectivity index (χ0v) is 18.1. The van der Waals surface area contributed by atoms with Crippen molar-refractivity contribution >= 4 is 15.6 Å². The van der Waals surface area contributed by atoms with Crippen molar-refractivity contribution in [2.75, 3.05) is 5.32 Å². The molecule has 30 heavy (non-hydrogen) atoms. The van der Waals surface area contributed by atoms with Gasteiger partial charge in [0.25, 0.3) is 0 Å². The van der Waals surface area contributed by atoms with E-state index >= 15 is 0 Å². The number of nitrogens with zero attached hydrogens (tertiary/aromatic N) is 2. The van der Waals surface area contributed by atoms with Crippen LogP contribution in [0, 0.1) is 0 Å². The second kappa shape index (κ2) is 7.94. The van der Waals surface area contributed by atoms with Crippen LogP contribution in [-0.2, 0) is 35.6 Å². The fraction of sp³-hybridized carbons (Fsp3) is 0.522. The SMILES string of the molecule is NS(=O)(=NC(O)Nc1c2c(cc3c1CCC3)CCC2)c1ccc(C2CCCC2)nc1. The number of aliphatic hydroxyl groups is 1. The molecule has 1 fully saturated rings. The predicted molar refractivity (Wildman–Crippen MR) is 119 cm³/mol. The minimum absolute atomic E-state index is 0.355. The molecule has 3 aliphatic rings. The molecule has 6 nitrogen and oxygen atoms in total. The zero-order chi connectivity index (χ0) is 20.7. The van der Waals surface area contributed by atoms with Gasteiger partial charge in [-0.1, -0.05) is 18.9 Å². The normalized spacial score (nSPS) is 21.1. The highest BCUT2D eigenvalue weighted by atomic mass is 32.2. The number of nitrogens with two attached hydrogens (primary N) is 1. The van der Waals surface area contributed by atoms with Crippen molar-refractivity contribution in [3.63, 3.8) is 0 Å². The van der Waals surface area contributed by atoms with Crippen molar-refractivity contribution in [3.05, 3.63) is 52.3 Å². The summed E-state index contributed by atoms with van der Waals surface area (Å²) in [7, 11) is -3.25. The Kier molecular flexibility index (Phi) is 5.29. The molecule has 1 aromatic carbocycles. The number of hydrogen-bond acceptors (Lipinski definition) is 5. The lowest BCUT2D eigenvalue weighted by Crippen LogP contribution is -2.24. The van der Waals surface area contributed by atoms with Crippen LogP contribution in [0.3, 0.4) is 0 Å². The Morgan fingerprint density at radius 3 is 2.33 bits per heavy atom. The average Bonchev–Trinajstić information content (AvgIpc) is 3.48. The molecule has 1 heterocycles. The molecule has 4 N–H and O–H groups in total. The Labute approximate surface area is 178 Å². The number of aromatic nitrogens is 1. The molecule has 5 rings (SSSR count). The molecule has 0 aliphatic heterocycles. The molecule has 0 saturated heterocycles. The van der Waals surface area contributed by atoms with Gasteiger partial charge < -0.3 is 10.4 Å². The molecule has 160 valence electrons. The van der Waals surface area contributed by atoms with Crippen molar-refractivity contribution in [2.24, 2.45) is 9.50 Å². The summed E-state index contributed by atoms with van der Waals surface area (Å²) in [6.45, 7) is 0. The number of aryl methyl sites for hydroxylation is 2. The van der Waals surface area contributed by atoms with E-state index in [1.54, 1.807) is 12.3 Å². The number of nitrogens with one attached hydrogen (secondary N) is 1. The lowest BCUT2D eigenvalue weighted by atomic mass is 9.99. The van der Waals surface area contributed by atoms with Crippen molar-refractivity contribution in [1.29, 1.82) is 0 Å². The maximum atomic E-state index is 13.1. The van der Waals surface area contributed by atoms with Gasteiger partial charge in [0.1, 0.15) is 9.92 Å². The van der Waals surface area contributed by atoms with Gasteiger partial charge in [0.15, 0.2) is 0 Å². The lowest BCUT2D eigenvalue weighted by Gasteiger charge is -2.19. The van der Waals surface area contributed by atoms with Gasteiger partial charge >= 0.3 is 0 Å². The van der Waals surface area contributed by atoms with Gasteiger partial charge in [-0.2, -0.15) is 4.36 Å². The third-order valence-corrected chi connectivity index (χ3v) is 8.30. The third-order valence-electron chi connectivity index (χ3n) is 6.87. The Morgan fingerprint density at radius 2 is 1.73 bits per heavy atom. The van der Waals surface area contributed by atoms with Crippen molar-refractivity contribution in [3.8, 4) is 0 Å². The quantitative estimate of drug-likeness (QED) is 0.633. The van der Waals surface area contributed by atoms with Gasteiger partial charge in [-0.25, -0.2) is 9.35 Å².